The number of amides is 1. The van der Waals surface area contributed by atoms with Gasteiger partial charge >= 0.3 is 5.97 Å². The minimum atomic E-state index is -0.612. The number of nitrogens with zero attached hydrogens (tertiary/aromatic N) is 2. The van der Waals surface area contributed by atoms with Crippen LogP contribution in [0.3, 0.4) is 0 Å². The highest BCUT2D eigenvalue weighted by Crippen LogP contribution is 2.25. The van der Waals surface area contributed by atoms with Crippen LogP contribution in [0.5, 0.6) is 0 Å². The van der Waals surface area contributed by atoms with E-state index in [9.17, 15) is 19.7 Å². The first-order chi connectivity index (χ1) is 10.9. The Morgan fingerprint density at radius 1 is 1.39 bits per heavy atom. The van der Waals surface area contributed by atoms with Crippen molar-refractivity contribution in [2.75, 3.05) is 25.4 Å². The van der Waals surface area contributed by atoms with Crippen molar-refractivity contribution in [1.29, 1.82) is 0 Å². The Hall–Kier alpha value is -2.64. The van der Waals surface area contributed by atoms with Gasteiger partial charge in [0.15, 0.2) is 0 Å². The first-order valence-corrected chi connectivity index (χ1v) is 7.43. The number of carbonyl (C=O) groups excluding carboxylic acids is 2. The molecule has 0 spiro atoms. The third-order valence-corrected chi connectivity index (χ3v) is 3.88. The summed E-state index contributed by atoms with van der Waals surface area (Å²) in [6.45, 7) is 2.93. The van der Waals surface area contributed by atoms with Crippen molar-refractivity contribution in [3.63, 3.8) is 0 Å². The van der Waals surface area contributed by atoms with Gasteiger partial charge in [-0.25, -0.2) is 0 Å². The molecule has 8 heteroatoms. The van der Waals surface area contributed by atoms with Gasteiger partial charge in [-0.2, -0.15) is 0 Å². The van der Waals surface area contributed by atoms with E-state index in [1.807, 2.05) is 0 Å². The summed E-state index contributed by atoms with van der Waals surface area (Å²) < 4.78 is 4.99. The molecule has 0 aliphatic carbocycles. The van der Waals surface area contributed by atoms with Gasteiger partial charge in [-0.05, 0) is 31.9 Å². The zero-order valence-corrected chi connectivity index (χ0v) is 12.9. The second-order valence-electron chi connectivity index (χ2n) is 5.35. The van der Waals surface area contributed by atoms with Crippen LogP contribution in [0.2, 0.25) is 0 Å². The molecule has 1 fully saturated rings. The van der Waals surface area contributed by atoms with Gasteiger partial charge < -0.3 is 15.4 Å². The average Bonchev–Trinajstić information content (AvgIpc) is 2.54. The number of hydrogen-bond acceptors (Lipinski definition) is 6. The minimum Gasteiger partial charge on any atom is -0.466 e. The number of anilines is 1. The number of hydrogen-bond donors (Lipinski definition) is 1. The van der Waals surface area contributed by atoms with Crippen LogP contribution in [0.15, 0.2) is 18.2 Å². The summed E-state index contributed by atoms with van der Waals surface area (Å²) in [5.41, 5.74) is 5.49. The number of likely N-dealkylation sites (tertiary alicyclic amines) is 1. The highest BCUT2D eigenvalue weighted by molar-refractivity contribution is 5.95. The first kappa shape index (κ1) is 16.7. The Morgan fingerprint density at radius 3 is 2.61 bits per heavy atom. The molecule has 2 rings (SSSR count). The van der Waals surface area contributed by atoms with E-state index in [-0.39, 0.29) is 34.7 Å². The third kappa shape index (κ3) is 3.77. The first-order valence-electron chi connectivity index (χ1n) is 7.43. The molecule has 0 unspecified atom stereocenters. The lowest BCUT2D eigenvalue weighted by Crippen LogP contribution is -2.40. The molecule has 0 saturated carbocycles. The molecule has 1 aliphatic heterocycles. The van der Waals surface area contributed by atoms with Crippen molar-refractivity contribution in [3.05, 3.63) is 33.9 Å². The summed E-state index contributed by atoms with van der Waals surface area (Å²) in [6.07, 6.45) is 1.06. The molecule has 0 aromatic heterocycles. The molecule has 23 heavy (non-hydrogen) atoms. The van der Waals surface area contributed by atoms with Crippen molar-refractivity contribution in [1.82, 2.24) is 4.90 Å². The van der Waals surface area contributed by atoms with E-state index in [1.165, 1.54) is 18.2 Å². The van der Waals surface area contributed by atoms with Crippen LogP contribution in [-0.2, 0) is 9.53 Å². The van der Waals surface area contributed by atoms with Crippen molar-refractivity contribution in [2.24, 2.45) is 5.92 Å². The van der Waals surface area contributed by atoms with Crippen LogP contribution in [0, 0.1) is 16.0 Å². The quantitative estimate of drug-likeness (QED) is 0.389. The number of rotatable bonds is 4. The Bertz CT molecular complexity index is 624. The van der Waals surface area contributed by atoms with Crippen LogP contribution in [0.25, 0.3) is 0 Å². The smallest absolute Gasteiger partial charge is 0.309 e. The second kappa shape index (κ2) is 7.08. The zero-order valence-electron chi connectivity index (χ0n) is 12.9. The molecule has 0 atom stereocenters. The second-order valence-corrected chi connectivity index (χ2v) is 5.35. The largest absolute Gasteiger partial charge is 0.466 e. The Labute approximate surface area is 133 Å². The molecule has 0 bridgehead atoms. The average molecular weight is 321 g/mol. The molecule has 1 aromatic rings. The molecule has 0 radical (unpaired) electrons. The Kier molecular flexibility index (Phi) is 5.15. The number of benzene rings is 1. The third-order valence-electron chi connectivity index (χ3n) is 3.88. The van der Waals surface area contributed by atoms with Gasteiger partial charge in [-0.1, -0.05) is 0 Å². The van der Waals surface area contributed by atoms with Crippen molar-refractivity contribution in [2.45, 2.75) is 19.8 Å². The lowest BCUT2D eigenvalue weighted by Gasteiger charge is -2.30. The molecule has 8 nitrogen and oxygen atoms in total. The maximum atomic E-state index is 12.4. The summed E-state index contributed by atoms with van der Waals surface area (Å²) in [7, 11) is 0. The molecule has 1 heterocycles. The van der Waals surface area contributed by atoms with Crippen molar-refractivity contribution in [3.8, 4) is 0 Å². The maximum absolute atomic E-state index is 12.4. The Morgan fingerprint density at radius 2 is 2.04 bits per heavy atom. The summed E-state index contributed by atoms with van der Waals surface area (Å²) in [6, 6.07) is 4.02. The predicted octanol–water partition coefficient (Wildman–Crippen LogP) is 1.59. The molecular weight excluding hydrogens is 302 g/mol. The van der Waals surface area contributed by atoms with E-state index in [4.69, 9.17) is 10.5 Å². The number of nitrogen functional groups attached to an aromatic ring is 1. The number of nitro benzene ring substituents is 1. The lowest BCUT2D eigenvalue weighted by atomic mass is 9.96. The predicted molar refractivity (Wildman–Crippen MR) is 82.8 cm³/mol. The topological polar surface area (TPSA) is 116 Å². The van der Waals surface area contributed by atoms with Crippen molar-refractivity contribution < 1.29 is 19.2 Å². The zero-order chi connectivity index (χ0) is 17.0. The number of nitrogens with two attached hydrogens (primary N) is 1. The van der Waals surface area contributed by atoms with E-state index in [0.29, 0.717) is 32.5 Å². The number of piperidine rings is 1. The van der Waals surface area contributed by atoms with E-state index in [2.05, 4.69) is 0 Å². The van der Waals surface area contributed by atoms with Gasteiger partial charge in [0, 0.05) is 24.7 Å². The molecule has 1 amide bonds. The summed E-state index contributed by atoms with van der Waals surface area (Å²) >= 11 is 0. The lowest BCUT2D eigenvalue weighted by molar-refractivity contribution is -0.383. The molecule has 1 saturated heterocycles. The SMILES string of the molecule is CCOC(=O)C1CCN(C(=O)c2ccc(N)c([N+](=O)[O-])c2)CC1. The fourth-order valence-corrected chi connectivity index (χ4v) is 2.60. The number of carbonyl (C=O) groups is 2. The Balaban J connectivity index is 2.04. The summed E-state index contributed by atoms with van der Waals surface area (Å²) in [5, 5.41) is 10.9. The van der Waals surface area contributed by atoms with Gasteiger partial charge in [0.25, 0.3) is 11.6 Å². The number of nitro groups is 1. The number of esters is 1. The molecule has 1 aliphatic rings. The van der Waals surface area contributed by atoms with E-state index < -0.39 is 4.92 Å². The highest BCUT2D eigenvalue weighted by Gasteiger charge is 2.29. The molecule has 2 N–H and O–H groups in total. The van der Waals surface area contributed by atoms with Crippen LogP contribution >= 0.6 is 0 Å². The fourth-order valence-electron chi connectivity index (χ4n) is 2.60. The normalized spacial score (nSPS) is 15.3. The standard InChI is InChI=1S/C15H19N3O5/c1-2-23-15(20)10-5-7-17(8-6-10)14(19)11-3-4-12(16)13(9-11)18(21)22/h3-4,9-10H,2,5-8,16H2,1H3. The van der Waals surface area contributed by atoms with Gasteiger partial charge in [-0.3, -0.25) is 19.7 Å². The minimum absolute atomic E-state index is 0.0209. The van der Waals surface area contributed by atoms with Gasteiger partial charge in [0.1, 0.15) is 5.69 Å². The maximum Gasteiger partial charge on any atom is 0.309 e. The van der Waals surface area contributed by atoms with Gasteiger partial charge in [-0.15, -0.1) is 0 Å². The van der Waals surface area contributed by atoms with Crippen LogP contribution in [0.1, 0.15) is 30.1 Å². The van der Waals surface area contributed by atoms with Crippen LogP contribution in [0.4, 0.5) is 11.4 Å². The van der Waals surface area contributed by atoms with Gasteiger partial charge in [0.2, 0.25) is 0 Å². The molecule has 1 aromatic carbocycles. The molecular formula is C15H19N3O5. The van der Waals surface area contributed by atoms with Crippen LogP contribution in [-0.4, -0.2) is 41.4 Å². The van der Waals surface area contributed by atoms with E-state index in [0.717, 1.165) is 0 Å². The number of ether oxygens (including phenoxy) is 1. The van der Waals surface area contributed by atoms with Crippen molar-refractivity contribution >= 4 is 23.3 Å². The molecule has 124 valence electrons. The highest BCUT2D eigenvalue weighted by atomic mass is 16.6. The van der Waals surface area contributed by atoms with Crippen LogP contribution < -0.4 is 5.73 Å². The summed E-state index contributed by atoms with van der Waals surface area (Å²) in [4.78, 5) is 36.0. The monoisotopic (exact) mass is 321 g/mol. The van der Waals surface area contributed by atoms with E-state index >= 15 is 0 Å². The van der Waals surface area contributed by atoms with E-state index in [1.54, 1.807) is 11.8 Å². The fraction of sp³-hybridized carbons (Fsp3) is 0.467. The summed E-state index contributed by atoms with van der Waals surface area (Å²) in [5.74, 6) is -0.724. The van der Waals surface area contributed by atoms with Gasteiger partial charge in [0.05, 0.1) is 17.4 Å².